The van der Waals surface area contributed by atoms with Crippen LogP contribution in [0.2, 0.25) is 0 Å². The Balaban J connectivity index is 2.24. The minimum absolute atomic E-state index is 0.0485. The zero-order valence-electron chi connectivity index (χ0n) is 13.4. The first kappa shape index (κ1) is 16.0. The number of carbonyl (C=O) groups excluding carboxylic acids is 1. The zero-order valence-corrected chi connectivity index (χ0v) is 13.4. The summed E-state index contributed by atoms with van der Waals surface area (Å²) in [6, 6.07) is 0. The molecule has 0 saturated heterocycles. The van der Waals surface area contributed by atoms with Crippen LogP contribution < -0.4 is 10.1 Å². The second-order valence-corrected chi connectivity index (χ2v) is 6.29. The van der Waals surface area contributed by atoms with Gasteiger partial charge in [0.05, 0.1) is 12.0 Å². The lowest BCUT2D eigenvalue weighted by molar-refractivity contribution is -0.116. The Morgan fingerprint density at radius 3 is 2.86 bits per heavy atom. The van der Waals surface area contributed by atoms with Gasteiger partial charge in [0, 0.05) is 13.2 Å². The molecule has 6 heteroatoms. The number of fused-ring (bicyclic) bond motifs is 1. The molecule has 0 saturated carbocycles. The van der Waals surface area contributed by atoms with Crippen molar-refractivity contribution in [2.45, 2.75) is 27.2 Å². The fourth-order valence-corrected chi connectivity index (χ4v) is 1.93. The van der Waals surface area contributed by atoms with Gasteiger partial charge in [0.1, 0.15) is 12.0 Å². The summed E-state index contributed by atoms with van der Waals surface area (Å²) in [6.07, 6.45) is 7.28. The van der Waals surface area contributed by atoms with Crippen molar-refractivity contribution in [3.8, 4) is 5.88 Å². The Labute approximate surface area is 130 Å². The van der Waals surface area contributed by atoms with E-state index in [4.69, 9.17) is 4.74 Å². The van der Waals surface area contributed by atoms with Crippen molar-refractivity contribution in [1.82, 2.24) is 20.3 Å². The summed E-state index contributed by atoms with van der Waals surface area (Å²) in [7, 11) is 1.60. The number of amides is 1. The van der Waals surface area contributed by atoms with Crippen LogP contribution in [0.15, 0.2) is 24.7 Å². The summed E-state index contributed by atoms with van der Waals surface area (Å²) < 4.78 is 5.86. The predicted molar refractivity (Wildman–Crippen MR) is 85.7 cm³/mol. The molecule has 22 heavy (non-hydrogen) atoms. The molecule has 1 amide bonds. The standard InChI is InChI=1S/C16H22N4O2/c1-16(2,3)9-22-15-13-11(6-5-7-12(21)17-4)8-18-14(13)19-10-20-15/h5,7-8,10H,6,9H2,1-4H3,(H,17,21)(H,18,19,20)/b7-5+. The quantitative estimate of drug-likeness (QED) is 0.830. The van der Waals surface area contributed by atoms with E-state index < -0.39 is 0 Å². The van der Waals surface area contributed by atoms with Gasteiger partial charge in [-0.15, -0.1) is 0 Å². The Morgan fingerprint density at radius 2 is 2.18 bits per heavy atom. The van der Waals surface area contributed by atoms with E-state index in [0.29, 0.717) is 18.9 Å². The third-order valence-corrected chi connectivity index (χ3v) is 3.01. The number of hydrogen-bond donors (Lipinski definition) is 2. The molecule has 2 aromatic heterocycles. The van der Waals surface area contributed by atoms with Gasteiger partial charge in [-0.1, -0.05) is 26.8 Å². The molecule has 2 heterocycles. The highest BCUT2D eigenvalue weighted by Crippen LogP contribution is 2.27. The van der Waals surface area contributed by atoms with E-state index in [1.807, 2.05) is 12.3 Å². The normalized spacial score (nSPS) is 12.0. The van der Waals surface area contributed by atoms with E-state index in [-0.39, 0.29) is 11.3 Å². The van der Waals surface area contributed by atoms with Gasteiger partial charge in [0.15, 0.2) is 0 Å². The number of allylic oxidation sites excluding steroid dienone is 1. The van der Waals surface area contributed by atoms with Gasteiger partial charge in [0.2, 0.25) is 11.8 Å². The van der Waals surface area contributed by atoms with Crippen molar-refractivity contribution >= 4 is 16.9 Å². The topological polar surface area (TPSA) is 79.9 Å². The van der Waals surface area contributed by atoms with Crippen LogP contribution in [0.25, 0.3) is 11.0 Å². The van der Waals surface area contributed by atoms with Gasteiger partial charge in [-0.3, -0.25) is 4.79 Å². The average Bonchev–Trinajstić information content (AvgIpc) is 2.88. The molecular formula is C16H22N4O2. The Bertz CT molecular complexity index is 683. The number of likely N-dealkylation sites (N-methyl/N-ethyl adjacent to an activating group) is 1. The molecule has 0 radical (unpaired) electrons. The molecule has 0 unspecified atom stereocenters. The lowest BCUT2D eigenvalue weighted by atomic mass is 9.99. The van der Waals surface area contributed by atoms with Gasteiger partial charge >= 0.3 is 0 Å². The summed E-state index contributed by atoms with van der Waals surface area (Å²) >= 11 is 0. The number of nitrogens with one attached hydrogen (secondary N) is 2. The van der Waals surface area contributed by atoms with Gasteiger partial charge in [0.25, 0.3) is 0 Å². The summed E-state index contributed by atoms with van der Waals surface area (Å²) in [4.78, 5) is 22.8. The molecule has 0 fully saturated rings. The Kier molecular flexibility index (Phi) is 4.80. The van der Waals surface area contributed by atoms with Crippen molar-refractivity contribution in [1.29, 1.82) is 0 Å². The van der Waals surface area contributed by atoms with Crippen molar-refractivity contribution in [2.24, 2.45) is 5.41 Å². The van der Waals surface area contributed by atoms with E-state index in [1.54, 1.807) is 7.05 Å². The first-order valence-electron chi connectivity index (χ1n) is 7.23. The third-order valence-electron chi connectivity index (χ3n) is 3.01. The summed E-state index contributed by atoms with van der Waals surface area (Å²) in [5, 5.41) is 3.42. The van der Waals surface area contributed by atoms with Crippen molar-refractivity contribution < 1.29 is 9.53 Å². The highest BCUT2D eigenvalue weighted by molar-refractivity contribution is 5.88. The Hall–Kier alpha value is -2.37. The highest BCUT2D eigenvalue weighted by atomic mass is 16.5. The summed E-state index contributed by atoms with van der Waals surface area (Å²) in [6.45, 7) is 6.89. The molecule has 2 N–H and O–H groups in total. The second-order valence-electron chi connectivity index (χ2n) is 6.29. The smallest absolute Gasteiger partial charge is 0.243 e. The number of rotatable bonds is 5. The van der Waals surface area contributed by atoms with Crippen LogP contribution in [0, 0.1) is 5.41 Å². The Morgan fingerprint density at radius 1 is 1.41 bits per heavy atom. The molecule has 0 aliphatic rings. The maximum absolute atomic E-state index is 11.2. The first-order chi connectivity index (χ1) is 10.4. The molecule has 0 spiro atoms. The molecule has 0 aromatic carbocycles. The van der Waals surface area contributed by atoms with Gasteiger partial charge in [-0.05, 0) is 23.5 Å². The maximum atomic E-state index is 11.2. The summed E-state index contributed by atoms with van der Waals surface area (Å²) in [5.74, 6) is 0.449. The van der Waals surface area contributed by atoms with E-state index in [1.165, 1.54) is 12.4 Å². The van der Waals surface area contributed by atoms with E-state index >= 15 is 0 Å². The molecule has 0 aliphatic carbocycles. The van der Waals surface area contributed by atoms with Crippen LogP contribution >= 0.6 is 0 Å². The highest BCUT2D eigenvalue weighted by Gasteiger charge is 2.15. The molecule has 0 atom stereocenters. The molecule has 0 bridgehead atoms. The number of aromatic nitrogens is 3. The van der Waals surface area contributed by atoms with Crippen LogP contribution in [0.5, 0.6) is 5.88 Å². The maximum Gasteiger partial charge on any atom is 0.243 e. The summed E-state index contributed by atoms with van der Waals surface area (Å²) in [5.41, 5.74) is 1.79. The predicted octanol–water partition coefficient (Wildman–Crippen LogP) is 2.23. The minimum Gasteiger partial charge on any atom is -0.477 e. The number of carbonyl (C=O) groups is 1. The number of H-pyrrole nitrogens is 1. The largest absolute Gasteiger partial charge is 0.477 e. The van der Waals surface area contributed by atoms with E-state index in [9.17, 15) is 4.79 Å². The third kappa shape index (κ3) is 4.07. The van der Waals surface area contributed by atoms with Gasteiger partial charge in [-0.2, -0.15) is 0 Å². The monoisotopic (exact) mass is 302 g/mol. The van der Waals surface area contributed by atoms with Crippen molar-refractivity contribution in [3.63, 3.8) is 0 Å². The number of hydrogen-bond acceptors (Lipinski definition) is 4. The van der Waals surface area contributed by atoms with E-state index in [0.717, 1.165) is 16.6 Å². The number of nitrogens with zero attached hydrogens (tertiary/aromatic N) is 2. The van der Waals surface area contributed by atoms with Gasteiger partial charge < -0.3 is 15.0 Å². The number of aromatic amines is 1. The molecule has 0 aliphatic heterocycles. The van der Waals surface area contributed by atoms with Crippen LogP contribution in [-0.4, -0.2) is 34.5 Å². The SMILES string of the molecule is CNC(=O)/C=C/Cc1c[nH]c2ncnc(OCC(C)(C)C)c12. The fourth-order valence-electron chi connectivity index (χ4n) is 1.93. The molecule has 2 rings (SSSR count). The van der Waals surface area contributed by atoms with Gasteiger partial charge in [-0.25, -0.2) is 9.97 Å². The fraction of sp³-hybridized carbons (Fsp3) is 0.438. The zero-order chi connectivity index (χ0) is 16.2. The van der Waals surface area contributed by atoms with Crippen LogP contribution in [0.3, 0.4) is 0 Å². The van der Waals surface area contributed by atoms with Crippen LogP contribution in [0.4, 0.5) is 0 Å². The van der Waals surface area contributed by atoms with Crippen LogP contribution in [-0.2, 0) is 11.2 Å². The lowest BCUT2D eigenvalue weighted by Crippen LogP contribution is -2.17. The first-order valence-corrected chi connectivity index (χ1v) is 7.23. The average molecular weight is 302 g/mol. The second kappa shape index (κ2) is 6.60. The number of ether oxygens (including phenoxy) is 1. The van der Waals surface area contributed by atoms with Crippen molar-refractivity contribution in [2.75, 3.05) is 13.7 Å². The minimum atomic E-state index is -0.125. The molecule has 118 valence electrons. The molecule has 6 nitrogen and oxygen atoms in total. The van der Waals surface area contributed by atoms with E-state index in [2.05, 4.69) is 41.0 Å². The van der Waals surface area contributed by atoms with Crippen molar-refractivity contribution in [3.05, 3.63) is 30.2 Å². The lowest BCUT2D eigenvalue weighted by Gasteiger charge is -2.18. The molecular weight excluding hydrogens is 280 g/mol. The molecule has 2 aromatic rings. The van der Waals surface area contributed by atoms with Crippen LogP contribution in [0.1, 0.15) is 26.3 Å².